The molecule has 1 aromatic carbocycles. The number of para-hydroxylation sites is 2. The van der Waals surface area contributed by atoms with Gasteiger partial charge in [0.1, 0.15) is 6.61 Å². The molecule has 0 bridgehead atoms. The molecule has 3 rings (SSSR count). The zero-order chi connectivity index (χ0) is 16.8. The van der Waals surface area contributed by atoms with Gasteiger partial charge in [0.25, 0.3) is 11.8 Å². The van der Waals surface area contributed by atoms with Crippen molar-refractivity contribution in [3.63, 3.8) is 0 Å². The molecule has 124 valence electrons. The molecule has 1 aromatic heterocycles. The highest BCUT2D eigenvalue weighted by Crippen LogP contribution is 2.30. The van der Waals surface area contributed by atoms with Crippen LogP contribution in [0.15, 0.2) is 46.9 Å². The van der Waals surface area contributed by atoms with Crippen molar-refractivity contribution in [2.24, 2.45) is 5.10 Å². The van der Waals surface area contributed by atoms with Crippen molar-refractivity contribution in [2.75, 3.05) is 13.2 Å². The van der Waals surface area contributed by atoms with Gasteiger partial charge in [-0.25, -0.2) is 5.43 Å². The Bertz CT molecular complexity index is 746. The Kier molecular flexibility index (Phi) is 5.07. The van der Waals surface area contributed by atoms with E-state index in [0.29, 0.717) is 11.5 Å². The third-order valence-electron chi connectivity index (χ3n) is 3.15. The van der Waals surface area contributed by atoms with E-state index in [-0.39, 0.29) is 13.2 Å². The highest BCUT2D eigenvalue weighted by Gasteiger charge is 2.27. The number of nitrogens with one attached hydrogen (secondary N) is 2. The number of amides is 2. The van der Waals surface area contributed by atoms with Crippen molar-refractivity contribution < 1.29 is 19.1 Å². The molecule has 1 atom stereocenters. The van der Waals surface area contributed by atoms with E-state index in [0.717, 1.165) is 4.88 Å². The lowest BCUT2D eigenvalue weighted by molar-refractivity contribution is -0.132. The van der Waals surface area contributed by atoms with Gasteiger partial charge in [-0.15, -0.1) is 11.3 Å². The summed E-state index contributed by atoms with van der Waals surface area (Å²) in [6.45, 7) is -0.0941. The summed E-state index contributed by atoms with van der Waals surface area (Å²) in [6, 6.07) is 10.9. The topological polar surface area (TPSA) is 89.0 Å². The van der Waals surface area contributed by atoms with Crippen molar-refractivity contribution in [1.29, 1.82) is 0 Å². The summed E-state index contributed by atoms with van der Waals surface area (Å²) in [6.07, 6.45) is 0.752. The van der Waals surface area contributed by atoms with Crippen molar-refractivity contribution in [3.8, 4) is 11.5 Å². The number of ether oxygens (including phenoxy) is 2. The van der Waals surface area contributed by atoms with Crippen molar-refractivity contribution in [2.45, 2.75) is 6.10 Å². The van der Waals surface area contributed by atoms with Crippen LogP contribution in [0.1, 0.15) is 4.88 Å². The van der Waals surface area contributed by atoms with Gasteiger partial charge in [0.2, 0.25) is 6.10 Å². The summed E-state index contributed by atoms with van der Waals surface area (Å²) in [7, 11) is 0. The van der Waals surface area contributed by atoms with Crippen LogP contribution in [0.4, 0.5) is 0 Å². The number of hydrazone groups is 1. The molecule has 1 aliphatic rings. The number of hydrogen-bond donors (Lipinski definition) is 2. The van der Waals surface area contributed by atoms with E-state index in [4.69, 9.17) is 9.47 Å². The Balaban J connectivity index is 1.43. The number of rotatable bonds is 5. The Morgan fingerprint density at radius 3 is 2.88 bits per heavy atom. The Morgan fingerprint density at radius 1 is 1.25 bits per heavy atom. The molecule has 0 radical (unpaired) electrons. The maximum absolute atomic E-state index is 12.0. The number of carbonyl (C=O) groups is 2. The van der Waals surface area contributed by atoms with Crippen LogP contribution in [-0.4, -0.2) is 37.3 Å². The third-order valence-corrected chi connectivity index (χ3v) is 3.96. The normalized spacial score (nSPS) is 15.9. The Labute approximate surface area is 142 Å². The smallest absolute Gasteiger partial charge is 0.265 e. The Morgan fingerprint density at radius 2 is 2.08 bits per heavy atom. The summed E-state index contributed by atoms with van der Waals surface area (Å²) in [5, 5.41) is 8.22. The second-order valence-electron chi connectivity index (χ2n) is 4.89. The second-order valence-corrected chi connectivity index (χ2v) is 5.87. The van der Waals surface area contributed by atoms with Gasteiger partial charge in [-0.2, -0.15) is 5.10 Å². The van der Waals surface area contributed by atoms with Gasteiger partial charge < -0.3 is 14.8 Å². The molecule has 1 unspecified atom stereocenters. The largest absolute Gasteiger partial charge is 0.485 e. The number of thiophene rings is 1. The molecule has 1 aliphatic heterocycles. The summed E-state index contributed by atoms with van der Waals surface area (Å²) in [5.41, 5.74) is 2.35. The van der Waals surface area contributed by atoms with Crippen LogP contribution in [0, 0.1) is 0 Å². The van der Waals surface area contributed by atoms with Crippen molar-refractivity contribution >= 4 is 29.4 Å². The van der Waals surface area contributed by atoms with Crippen LogP contribution in [0.3, 0.4) is 0 Å². The number of nitrogens with zero attached hydrogens (tertiary/aromatic N) is 1. The first-order valence-corrected chi connectivity index (χ1v) is 8.12. The lowest BCUT2D eigenvalue weighted by atomic mass is 10.2. The summed E-state index contributed by atoms with van der Waals surface area (Å²) >= 11 is 1.51. The van der Waals surface area contributed by atoms with Crippen LogP contribution in [0.25, 0.3) is 0 Å². The van der Waals surface area contributed by atoms with E-state index in [1.165, 1.54) is 11.3 Å². The maximum Gasteiger partial charge on any atom is 0.265 e. The minimum absolute atomic E-state index is 0.0982. The van der Waals surface area contributed by atoms with Gasteiger partial charge in [-0.3, -0.25) is 9.59 Å². The molecule has 8 heteroatoms. The monoisotopic (exact) mass is 345 g/mol. The van der Waals surface area contributed by atoms with Gasteiger partial charge in [0.15, 0.2) is 11.5 Å². The molecule has 0 aliphatic carbocycles. The maximum atomic E-state index is 12.0. The van der Waals surface area contributed by atoms with Crippen LogP contribution in [-0.2, 0) is 9.59 Å². The van der Waals surface area contributed by atoms with E-state index in [1.54, 1.807) is 24.4 Å². The molecular formula is C16H15N3O4S. The molecule has 2 amide bonds. The Hall–Kier alpha value is -2.87. The van der Waals surface area contributed by atoms with Gasteiger partial charge in [0, 0.05) is 4.88 Å². The molecule has 0 spiro atoms. The summed E-state index contributed by atoms with van der Waals surface area (Å²) in [4.78, 5) is 24.6. The quantitative estimate of drug-likeness (QED) is 0.628. The highest BCUT2D eigenvalue weighted by molar-refractivity contribution is 7.11. The minimum atomic E-state index is -0.790. The second kappa shape index (κ2) is 7.60. The van der Waals surface area contributed by atoms with E-state index >= 15 is 0 Å². The number of benzene rings is 1. The number of hydrogen-bond acceptors (Lipinski definition) is 6. The van der Waals surface area contributed by atoms with Gasteiger partial charge in [-0.05, 0) is 23.6 Å². The zero-order valence-electron chi connectivity index (χ0n) is 12.6. The van der Waals surface area contributed by atoms with E-state index < -0.39 is 17.9 Å². The van der Waals surface area contributed by atoms with Crippen LogP contribution in [0.5, 0.6) is 11.5 Å². The predicted molar refractivity (Wildman–Crippen MR) is 89.4 cm³/mol. The molecule has 0 saturated carbocycles. The van der Waals surface area contributed by atoms with E-state index in [9.17, 15) is 9.59 Å². The van der Waals surface area contributed by atoms with Crippen molar-refractivity contribution in [1.82, 2.24) is 10.7 Å². The first-order chi connectivity index (χ1) is 11.7. The SMILES string of the molecule is O=C(CNC(=O)C1COc2ccccc2O1)N/N=C/c1cccs1. The molecule has 2 aromatic rings. The molecule has 0 fully saturated rings. The standard InChI is InChI=1S/C16H15N3O4S/c20-15(19-18-8-11-4-3-7-24-11)9-17-16(21)14-10-22-12-5-1-2-6-13(12)23-14/h1-8,14H,9-10H2,(H,17,21)(H,19,20)/b18-8+. The first kappa shape index (κ1) is 16.0. The fourth-order valence-electron chi connectivity index (χ4n) is 2.00. The summed E-state index contributed by atoms with van der Waals surface area (Å²) in [5.74, 6) is 0.270. The van der Waals surface area contributed by atoms with Gasteiger partial charge >= 0.3 is 0 Å². The average Bonchev–Trinajstić information content (AvgIpc) is 3.12. The van der Waals surface area contributed by atoms with Gasteiger partial charge in [-0.1, -0.05) is 18.2 Å². The number of carbonyl (C=O) groups excluding carboxylic acids is 2. The minimum Gasteiger partial charge on any atom is -0.485 e. The lowest BCUT2D eigenvalue weighted by Gasteiger charge is -2.25. The molecule has 2 N–H and O–H groups in total. The molecule has 24 heavy (non-hydrogen) atoms. The highest BCUT2D eigenvalue weighted by atomic mass is 32.1. The zero-order valence-corrected chi connectivity index (χ0v) is 13.4. The molecular weight excluding hydrogens is 330 g/mol. The van der Waals surface area contributed by atoms with Crippen LogP contribution >= 0.6 is 11.3 Å². The average molecular weight is 345 g/mol. The first-order valence-electron chi connectivity index (χ1n) is 7.24. The fourth-order valence-corrected chi connectivity index (χ4v) is 2.59. The third kappa shape index (κ3) is 4.11. The fraction of sp³-hybridized carbons (Fsp3) is 0.188. The van der Waals surface area contributed by atoms with Crippen LogP contribution in [0.2, 0.25) is 0 Å². The molecule has 0 saturated heterocycles. The summed E-state index contributed by atoms with van der Waals surface area (Å²) < 4.78 is 11.0. The van der Waals surface area contributed by atoms with Crippen molar-refractivity contribution in [3.05, 3.63) is 46.7 Å². The van der Waals surface area contributed by atoms with Gasteiger partial charge in [0.05, 0.1) is 12.8 Å². The van der Waals surface area contributed by atoms with E-state index in [1.807, 2.05) is 23.6 Å². The van der Waals surface area contributed by atoms with Crippen LogP contribution < -0.4 is 20.2 Å². The predicted octanol–water partition coefficient (Wildman–Crippen LogP) is 1.15. The lowest BCUT2D eigenvalue weighted by Crippen LogP contribution is -2.46. The van der Waals surface area contributed by atoms with E-state index in [2.05, 4.69) is 15.8 Å². The number of fused-ring (bicyclic) bond motifs is 1. The molecule has 2 heterocycles. The molecule has 7 nitrogen and oxygen atoms in total.